The zero-order valence-corrected chi connectivity index (χ0v) is 10.3. The van der Waals surface area contributed by atoms with E-state index in [2.05, 4.69) is 53.3 Å². The van der Waals surface area contributed by atoms with E-state index in [1.165, 1.54) is 5.56 Å². The van der Waals surface area contributed by atoms with E-state index >= 15 is 0 Å². The zero-order chi connectivity index (χ0) is 10.9. The second-order valence-electron chi connectivity index (χ2n) is 4.38. The summed E-state index contributed by atoms with van der Waals surface area (Å²) in [6, 6.07) is 10.4. The molecular weight excluding hydrogens is 202 g/mol. The second-order valence-corrected chi connectivity index (χ2v) is 5.23. The standard InChI is InChI=1S/C12H16BOP/c1-9(2)11-8-13-14-12(11,15)10-6-4-3-5-7-10/h3-9,11H,15H2,1-2H3/t11-,12?/m0/s1. The van der Waals surface area contributed by atoms with Crippen LogP contribution in [0, 0.1) is 11.8 Å². The van der Waals surface area contributed by atoms with Crippen LogP contribution in [-0.2, 0) is 10.00 Å². The first-order chi connectivity index (χ1) is 7.14. The quantitative estimate of drug-likeness (QED) is 0.547. The van der Waals surface area contributed by atoms with Gasteiger partial charge in [0.1, 0.15) is 0 Å². The van der Waals surface area contributed by atoms with E-state index in [0.717, 1.165) is 0 Å². The van der Waals surface area contributed by atoms with Crippen molar-refractivity contribution in [2.75, 3.05) is 0 Å². The van der Waals surface area contributed by atoms with Crippen molar-refractivity contribution >= 4 is 22.3 Å². The molecule has 0 bridgehead atoms. The molecule has 0 aromatic heterocycles. The normalized spacial score (nSPS) is 28.9. The fourth-order valence-corrected chi connectivity index (χ4v) is 2.90. The molecule has 0 aliphatic carbocycles. The molecule has 0 N–H and O–H groups in total. The van der Waals surface area contributed by atoms with Crippen molar-refractivity contribution in [1.82, 2.24) is 0 Å². The van der Waals surface area contributed by atoms with E-state index in [1.807, 2.05) is 13.2 Å². The SMILES string of the molecule is CC(C)[C@@H]1C=BOC1(P)c1ccccc1. The van der Waals surface area contributed by atoms with Crippen molar-refractivity contribution in [2.45, 2.75) is 19.2 Å². The Hall–Kier alpha value is -0.615. The molecule has 0 spiro atoms. The molecule has 1 aromatic rings. The Kier molecular flexibility index (Phi) is 2.97. The summed E-state index contributed by atoms with van der Waals surface area (Å²) in [4.78, 5) is 0. The van der Waals surface area contributed by atoms with Gasteiger partial charge in [-0.15, -0.1) is 0 Å². The van der Waals surface area contributed by atoms with Gasteiger partial charge in [0.2, 0.25) is 0 Å². The Labute approximate surface area is 94.4 Å². The summed E-state index contributed by atoms with van der Waals surface area (Å²) in [6.45, 7) is 4.46. The summed E-state index contributed by atoms with van der Waals surface area (Å²) < 4.78 is 5.78. The summed E-state index contributed by atoms with van der Waals surface area (Å²) in [5.41, 5.74) is 1.22. The van der Waals surface area contributed by atoms with Gasteiger partial charge in [0, 0.05) is 0 Å². The predicted molar refractivity (Wildman–Crippen MR) is 69.1 cm³/mol. The summed E-state index contributed by atoms with van der Waals surface area (Å²) in [6.07, 6.45) is 0. The molecular formula is C12H16BOP. The molecule has 0 radical (unpaired) electrons. The van der Waals surface area contributed by atoms with E-state index < -0.39 is 0 Å². The fraction of sp³-hybridized carbons (Fsp3) is 0.417. The van der Waals surface area contributed by atoms with Gasteiger partial charge in [0.25, 0.3) is 0 Å². The maximum atomic E-state index is 5.78. The van der Waals surface area contributed by atoms with Gasteiger partial charge in [-0.2, -0.15) is 0 Å². The van der Waals surface area contributed by atoms with Gasteiger partial charge in [-0.05, 0) is 0 Å². The van der Waals surface area contributed by atoms with Gasteiger partial charge in [-0.1, -0.05) is 0 Å². The predicted octanol–water partition coefficient (Wildman–Crippen LogP) is 2.44. The van der Waals surface area contributed by atoms with Crippen LogP contribution in [0.1, 0.15) is 19.4 Å². The van der Waals surface area contributed by atoms with Crippen LogP contribution in [0.15, 0.2) is 30.3 Å². The van der Waals surface area contributed by atoms with Gasteiger partial charge in [-0.25, -0.2) is 0 Å². The van der Waals surface area contributed by atoms with E-state index in [9.17, 15) is 0 Å². The van der Waals surface area contributed by atoms with E-state index in [0.29, 0.717) is 11.8 Å². The number of benzene rings is 1. The van der Waals surface area contributed by atoms with E-state index in [4.69, 9.17) is 4.65 Å². The van der Waals surface area contributed by atoms with Gasteiger partial charge in [0.05, 0.1) is 0 Å². The second kappa shape index (κ2) is 4.10. The Morgan fingerprint density at radius 1 is 1.33 bits per heavy atom. The Balaban J connectivity index is 2.35. The first-order valence-electron chi connectivity index (χ1n) is 5.33. The molecule has 78 valence electrons. The van der Waals surface area contributed by atoms with Crippen LogP contribution >= 0.6 is 9.24 Å². The van der Waals surface area contributed by atoms with Crippen molar-refractivity contribution in [3.63, 3.8) is 0 Å². The Morgan fingerprint density at radius 3 is 2.60 bits per heavy atom. The molecule has 3 heteroatoms. The average molecular weight is 218 g/mol. The third-order valence-corrected chi connectivity index (χ3v) is 3.84. The molecule has 1 aromatic carbocycles. The molecule has 1 aliphatic rings. The van der Waals surface area contributed by atoms with Crippen LogP contribution < -0.4 is 0 Å². The molecule has 0 amide bonds. The number of hydrogen-bond donors (Lipinski definition) is 0. The molecule has 3 atom stereocenters. The Bertz CT molecular complexity index is 363. The Morgan fingerprint density at radius 2 is 2.00 bits per heavy atom. The minimum atomic E-state index is -0.268. The van der Waals surface area contributed by atoms with Crippen molar-refractivity contribution < 1.29 is 4.65 Å². The molecule has 0 fully saturated rings. The van der Waals surface area contributed by atoms with Crippen molar-refractivity contribution in [3.05, 3.63) is 35.9 Å². The monoisotopic (exact) mass is 218 g/mol. The third kappa shape index (κ3) is 1.88. The van der Waals surface area contributed by atoms with Crippen molar-refractivity contribution in [3.8, 4) is 0 Å². The maximum absolute atomic E-state index is 5.78. The first-order valence-corrected chi connectivity index (χ1v) is 5.91. The number of hydrogen-bond acceptors (Lipinski definition) is 1. The average Bonchev–Trinajstić information content (AvgIpc) is 2.63. The fourth-order valence-electron chi connectivity index (χ4n) is 2.13. The minimum absolute atomic E-state index is 0.268. The van der Waals surface area contributed by atoms with Gasteiger partial charge in [0.15, 0.2) is 0 Å². The van der Waals surface area contributed by atoms with Gasteiger partial charge in [-0.3, -0.25) is 0 Å². The first kappa shape index (κ1) is 10.9. The summed E-state index contributed by atoms with van der Waals surface area (Å²) in [5.74, 6) is 3.15. The van der Waals surface area contributed by atoms with Crippen LogP contribution in [-0.4, -0.2) is 13.1 Å². The molecule has 2 unspecified atom stereocenters. The van der Waals surface area contributed by atoms with Gasteiger partial charge >= 0.3 is 93.9 Å². The molecule has 1 aliphatic heterocycles. The molecule has 2 rings (SSSR count). The van der Waals surface area contributed by atoms with E-state index in [1.54, 1.807) is 0 Å². The topological polar surface area (TPSA) is 9.23 Å². The van der Waals surface area contributed by atoms with Crippen LogP contribution in [0.3, 0.4) is 0 Å². The summed E-state index contributed by atoms with van der Waals surface area (Å²) >= 11 is 0. The van der Waals surface area contributed by atoms with Crippen molar-refractivity contribution in [1.29, 1.82) is 0 Å². The molecule has 0 saturated carbocycles. The van der Waals surface area contributed by atoms with E-state index in [-0.39, 0.29) is 5.34 Å². The summed E-state index contributed by atoms with van der Waals surface area (Å²) in [5, 5.41) is -0.268. The molecule has 1 heterocycles. The molecule has 15 heavy (non-hydrogen) atoms. The van der Waals surface area contributed by atoms with Crippen LogP contribution in [0.2, 0.25) is 0 Å². The number of rotatable bonds is 2. The van der Waals surface area contributed by atoms with Crippen LogP contribution in [0.25, 0.3) is 0 Å². The van der Waals surface area contributed by atoms with Crippen LogP contribution in [0.5, 0.6) is 0 Å². The van der Waals surface area contributed by atoms with Crippen LogP contribution in [0.4, 0.5) is 0 Å². The van der Waals surface area contributed by atoms with Gasteiger partial charge < -0.3 is 0 Å². The van der Waals surface area contributed by atoms with Crippen molar-refractivity contribution in [2.24, 2.45) is 11.8 Å². The zero-order valence-electron chi connectivity index (χ0n) is 9.18. The third-order valence-electron chi connectivity index (χ3n) is 2.99. The molecule has 1 nitrogen and oxygen atoms in total. The summed E-state index contributed by atoms with van der Waals surface area (Å²) in [7, 11) is 4.69. The molecule has 0 saturated heterocycles.